The van der Waals surface area contributed by atoms with Crippen molar-refractivity contribution in [2.75, 3.05) is 6.54 Å². The van der Waals surface area contributed by atoms with E-state index in [1.54, 1.807) is 0 Å². The molecule has 0 radical (unpaired) electrons. The number of nitrogens with one attached hydrogen (secondary N) is 1. The van der Waals surface area contributed by atoms with Crippen LogP contribution in [0.5, 0.6) is 0 Å². The molecule has 1 aliphatic carbocycles. The Morgan fingerprint density at radius 1 is 1.44 bits per heavy atom. The molecule has 1 aromatic carbocycles. The van der Waals surface area contributed by atoms with Gasteiger partial charge in [0.2, 0.25) is 0 Å². The van der Waals surface area contributed by atoms with Crippen molar-refractivity contribution in [3.05, 3.63) is 32.7 Å². The lowest BCUT2D eigenvalue weighted by molar-refractivity contribution is 0.0945. The van der Waals surface area contributed by atoms with E-state index >= 15 is 0 Å². The molecule has 1 saturated carbocycles. The van der Waals surface area contributed by atoms with Crippen molar-refractivity contribution in [3.8, 4) is 0 Å². The molecule has 1 amide bonds. The van der Waals surface area contributed by atoms with Crippen LogP contribution in [0.15, 0.2) is 27.1 Å². The summed E-state index contributed by atoms with van der Waals surface area (Å²) in [6, 6.07) is 5.61. The summed E-state index contributed by atoms with van der Waals surface area (Å²) in [6.07, 6.45) is 2.43. The molecule has 0 spiro atoms. The van der Waals surface area contributed by atoms with Crippen LogP contribution in [0.3, 0.4) is 0 Å². The van der Waals surface area contributed by atoms with Crippen molar-refractivity contribution in [2.24, 2.45) is 5.41 Å². The van der Waals surface area contributed by atoms with Gasteiger partial charge in [0.25, 0.3) is 5.91 Å². The summed E-state index contributed by atoms with van der Waals surface area (Å²) >= 11 is 6.75. The summed E-state index contributed by atoms with van der Waals surface area (Å²) in [7, 11) is 0. The fourth-order valence-electron chi connectivity index (χ4n) is 1.45. The number of amides is 1. The van der Waals surface area contributed by atoms with Gasteiger partial charge >= 0.3 is 0 Å². The van der Waals surface area contributed by atoms with E-state index in [0.717, 1.165) is 15.5 Å². The lowest BCUT2D eigenvalue weighted by Crippen LogP contribution is -2.29. The quantitative estimate of drug-likeness (QED) is 0.887. The normalized spacial score (nSPS) is 16.9. The van der Waals surface area contributed by atoms with E-state index in [-0.39, 0.29) is 5.91 Å². The van der Waals surface area contributed by atoms with Gasteiger partial charge in [0.05, 0.1) is 5.56 Å². The second-order valence-corrected chi connectivity index (χ2v) is 6.39. The molecule has 1 fully saturated rings. The number of benzene rings is 1. The molecule has 0 unspecified atom stereocenters. The topological polar surface area (TPSA) is 29.1 Å². The van der Waals surface area contributed by atoms with Crippen molar-refractivity contribution in [3.63, 3.8) is 0 Å². The van der Waals surface area contributed by atoms with Crippen LogP contribution in [0.4, 0.5) is 0 Å². The number of rotatable bonds is 3. The van der Waals surface area contributed by atoms with Gasteiger partial charge in [-0.25, -0.2) is 0 Å². The molecule has 0 heterocycles. The minimum absolute atomic E-state index is 0.0127. The Hall–Kier alpha value is -0.350. The lowest BCUT2D eigenvalue weighted by atomic mass is 10.1. The average Bonchev–Trinajstić information content (AvgIpc) is 2.97. The molecule has 2 nitrogen and oxygen atoms in total. The third-order valence-electron chi connectivity index (χ3n) is 2.95. The molecular formula is C12H13Br2NO. The molecule has 1 N–H and O–H groups in total. The van der Waals surface area contributed by atoms with Crippen molar-refractivity contribution >= 4 is 37.8 Å². The van der Waals surface area contributed by atoms with E-state index in [0.29, 0.717) is 11.0 Å². The van der Waals surface area contributed by atoms with Crippen LogP contribution in [0, 0.1) is 5.41 Å². The van der Waals surface area contributed by atoms with Crippen LogP contribution in [0.1, 0.15) is 30.1 Å². The van der Waals surface area contributed by atoms with Crippen LogP contribution in [-0.2, 0) is 0 Å². The summed E-state index contributed by atoms with van der Waals surface area (Å²) < 4.78 is 1.74. The van der Waals surface area contributed by atoms with Crippen molar-refractivity contribution in [1.82, 2.24) is 5.32 Å². The standard InChI is InChI=1S/C12H13Br2NO/c1-12(4-5-12)7-15-11(16)9-6-8(13)2-3-10(9)14/h2-3,6H,4-5,7H2,1H3,(H,15,16). The molecule has 86 valence electrons. The molecule has 4 heteroatoms. The monoisotopic (exact) mass is 345 g/mol. The third kappa shape index (κ3) is 2.86. The lowest BCUT2D eigenvalue weighted by Gasteiger charge is -2.11. The highest BCUT2D eigenvalue weighted by Crippen LogP contribution is 2.44. The minimum atomic E-state index is -0.0127. The maximum atomic E-state index is 11.9. The maximum Gasteiger partial charge on any atom is 0.252 e. The molecule has 16 heavy (non-hydrogen) atoms. The molecule has 0 atom stereocenters. The van der Waals surface area contributed by atoms with E-state index in [1.807, 2.05) is 18.2 Å². The van der Waals surface area contributed by atoms with Crippen LogP contribution in [0.2, 0.25) is 0 Å². The Morgan fingerprint density at radius 3 is 2.75 bits per heavy atom. The third-order valence-corrected chi connectivity index (χ3v) is 4.14. The SMILES string of the molecule is CC1(CNC(=O)c2cc(Br)ccc2Br)CC1. The van der Waals surface area contributed by atoms with Gasteiger partial charge in [-0.1, -0.05) is 22.9 Å². The highest BCUT2D eigenvalue weighted by Gasteiger charge is 2.37. The van der Waals surface area contributed by atoms with Crippen molar-refractivity contribution in [1.29, 1.82) is 0 Å². The second kappa shape index (κ2) is 4.49. The number of hydrogen-bond donors (Lipinski definition) is 1. The zero-order valence-corrected chi connectivity index (χ0v) is 12.2. The smallest absolute Gasteiger partial charge is 0.252 e. The predicted octanol–water partition coefficient (Wildman–Crippen LogP) is 3.74. The van der Waals surface area contributed by atoms with Gasteiger partial charge in [0.1, 0.15) is 0 Å². The minimum Gasteiger partial charge on any atom is -0.351 e. The first-order valence-corrected chi connectivity index (χ1v) is 6.82. The summed E-state index contributed by atoms with van der Waals surface area (Å²) in [5, 5.41) is 2.98. The first kappa shape index (κ1) is 12.1. The summed E-state index contributed by atoms with van der Waals surface area (Å²) in [5.41, 5.74) is 1.02. The van der Waals surface area contributed by atoms with Crippen molar-refractivity contribution < 1.29 is 4.79 Å². The van der Waals surface area contributed by atoms with Gasteiger partial charge in [-0.15, -0.1) is 0 Å². The van der Waals surface area contributed by atoms with E-state index in [4.69, 9.17) is 0 Å². The van der Waals surface area contributed by atoms with E-state index in [2.05, 4.69) is 44.1 Å². The average molecular weight is 347 g/mol. The van der Waals surface area contributed by atoms with Gasteiger partial charge < -0.3 is 5.32 Å². The molecule has 0 bridgehead atoms. The molecule has 0 aliphatic heterocycles. The zero-order chi connectivity index (χ0) is 11.8. The van der Waals surface area contributed by atoms with E-state index in [9.17, 15) is 4.79 Å². The Kier molecular flexibility index (Phi) is 3.40. The van der Waals surface area contributed by atoms with Gasteiger partial charge in [-0.3, -0.25) is 4.79 Å². The highest BCUT2D eigenvalue weighted by molar-refractivity contribution is 9.11. The Labute approximate surface area is 112 Å². The Morgan fingerprint density at radius 2 is 2.12 bits per heavy atom. The van der Waals surface area contributed by atoms with Crippen molar-refractivity contribution in [2.45, 2.75) is 19.8 Å². The van der Waals surface area contributed by atoms with Gasteiger partial charge in [0, 0.05) is 15.5 Å². The molecule has 0 aromatic heterocycles. The predicted molar refractivity (Wildman–Crippen MR) is 71.5 cm³/mol. The highest BCUT2D eigenvalue weighted by atomic mass is 79.9. The van der Waals surface area contributed by atoms with Crippen LogP contribution < -0.4 is 5.32 Å². The largest absolute Gasteiger partial charge is 0.351 e. The fraction of sp³-hybridized carbons (Fsp3) is 0.417. The van der Waals surface area contributed by atoms with Gasteiger partial charge in [-0.05, 0) is 52.4 Å². The van der Waals surface area contributed by atoms with Gasteiger partial charge in [-0.2, -0.15) is 0 Å². The van der Waals surface area contributed by atoms with Crippen LogP contribution in [0.25, 0.3) is 0 Å². The molecule has 1 aromatic rings. The number of carbonyl (C=O) groups excluding carboxylic acids is 1. The first-order chi connectivity index (χ1) is 7.50. The molecular weight excluding hydrogens is 334 g/mol. The number of carbonyl (C=O) groups is 1. The second-order valence-electron chi connectivity index (χ2n) is 4.62. The molecule has 1 aliphatic rings. The fourth-order valence-corrected chi connectivity index (χ4v) is 2.24. The number of halogens is 2. The first-order valence-electron chi connectivity index (χ1n) is 5.23. The summed E-state index contributed by atoms with van der Waals surface area (Å²) in [5.74, 6) is -0.0127. The summed E-state index contributed by atoms with van der Waals surface area (Å²) in [6.45, 7) is 2.97. The maximum absolute atomic E-state index is 11.9. The number of hydrogen-bond acceptors (Lipinski definition) is 1. The van der Waals surface area contributed by atoms with Crippen LogP contribution in [-0.4, -0.2) is 12.5 Å². The van der Waals surface area contributed by atoms with E-state index in [1.165, 1.54) is 12.8 Å². The molecule has 2 rings (SSSR count). The van der Waals surface area contributed by atoms with E-state index < -0.39 is 0 Å². The van der Waals surface area contributed by atoms with Gasteiger partial charge in [0.15, 0.2) is 0 Å². The van der Waals surface area contributed by atoms with Crippen LogP contribution >= 0.6 is 31.9 Å². The Balaban J connectivity index is 2.05. The Bertz CT molecular complexity index is 427. The summed E-state index contributed by atoms with van der Waals surface area (Å²) in [4.78, 5) is 11.9. The zero-order valence-electron chi connectivity index (χ0n) is 9.02. The molecule has 0 saturated heterocycles.